The molecule has 0 saturated carbocycles. The highest BCUT2D eigenvalue weighted by Crippen LogP contribution is 2.28. The summed E-state index contributed by atoms with van der Waals surface area (Å²) < 4.78 is 6.64. The van der Waals surface area contributed by atoms with Gasteiger partial charge in [-0.15, -0.1) is 11.3 Å². The lowest BCUT2D eigenvalue weighted by Crippen LogP contribution is -2.46. The number of piperazine rings is 1. The SMILES string of the molecule is Cc1ccc(-c2noc(CN3CCN(c4ncnc5ccsc45)CC3)n2)cc1. The van der Waals surface area contributed by atoms with Crippen molar-refractivity contribution in [3.05, 3.63) is 53.5 Å². The first kappa shape index (κ1) is 17.3. The Balaban J connectivity index is 1.23. The zero-order chi connectivity index (χ0) is 18.9. The standard InChI is InChI=1S/C20H20N6OS/c1-14-2-4-15(5-3-14)19-23-17(27-24-19)12-25-7-9-26(10-8-25)20-18-16(6-11-28-18)21-13-22-20/h2-6,11,13H,7-10,12H2,1H3. The fourth-order valence-corrected chi connectivity index (χ4v) is 4.31. The third-order valence-electron chi connectivity index (χ3n) is 5.03. The second kappa shape index (κ2) is 7.29. The van der Waals surface area contributed by atoms with Crippen LogP contribution in [0.2, 0.25) is 0 Å². The molecule has 0 spiro atoms. The molecular weight excluding hydrogens is 372 g/mol. The zero-order valence-electron chi connectivity index (χ0n) is 15.6. The molecule has 8 heteroatoms. The van der Waals surface area contributed by atoms with Crippen molar-refractivity contribution in [1.29, 1.82) is 0 Å². The maximum Gasteiger partial charge on any atom is 0.241 e. The van der Waals surface area contributed by atoms with Crippen molar-refractivity contribution in [2.75, 3.05) is 31.1 Å². The lowest BCUT2D eigenvalue weighted by Gasteiger charge is -2.34. The van der Waals surface area contributed by atoms with Gasteiger partial charge >= 0.3 is 0 Å². The van der Waals surface area contributed by atoms with Crippen molar-refractivity contribution in [1.82, 2.24) is 25.0 Å². The van der Waals surface area contributed by atoms with Crippen LogP contribution >= 0.6 is 11.3 Å². The van der Waals surface area contributed by atoms with Crippen LogP contribution in [0.4, 0.5) is 5.82 Å². The van der Waals surface area contributed by atoms with Gasteiger partial charge in [0.2, 0.25) is 11.7 Å². The van der Waals surface area contributed by atoms with Crippen LogP contribution in [-0.2, 0) is 6.54 Å². The number of fused-ring (bicyclic) bond motifs is 1. The number of anilines is 1. The number of aromatic nitrogens is 4. The zero-order valence-corrected chi connectivity index (χ0v) is 16.4. The summed E-state index contributed by atoms with van der Waals surface area (Å²) in [6.45, 7) is 6.44. The van der Waals surface area contributed by atoms with E-state index in [4.69, 9.17) is 4.52 Å². The Morgan fingerprint density at radius 3 is 2.68 bits per heavy atom. The van der Waals surface area contributed by atoms with Gasteiger partial charge in [-0.2, -0.15) is 4.98 Å². The molecule has 0 aliphatic carbocycles. The summed E-state index contributed by atoms with van der Waals surface area (Å²) >= 11 is 1.70. The second-order valence-corrected chi connectivity index (χ2v) is 7.89. The monoisotopic (exact) mass is 392 g/mol. The van der Waals surface area contributed by atoms with Gasteiger partial charge in [0.05, 0.1) is 16.8 Å². The quantitative estimate of drug-likeness (QED) is 0.527. The van der Waals surface area contributed by atoms with E-state index in [9.17, 15) is 0 Å². The van der Waals surface area contributed by atoms with Crippen LogP contribution in [0.5, 0.6) is 0 Å². The van der Waals surface area contributed by atoms with E-state index in [0.717, 1.165) is 47.8 Å². The minimum absolute atomic E-state index is 0.648. The molecule has 1 saturated heterocycles. The fraction of sp³-hybridized carbons (Fsp3) is 0.300. The first-order valence-electron chi connectivity index (χ1n) is 9.31. The minimum Gasteiger partial charge on any atom is -0.353 e. The Hall–Kier alpha value is -2.84. The van der Waals surface area contributed by atoms with Crippen molar-refractivity contribution >= 4 is 27.4 Å². The van der Waals surface area contributed by atoms with Gasteiger partial charge in [0.25, 0.3) is 0 Å². The van der Waals surface area contributed by atoms with Gasteiger partial charge in [-0.3, -0.25) is 4.90 Å². The van der Waals surface area contributed by atoms with Gasteiger partial charge in [-0.25, -0.2) is 9.97 Å². The minimum atomic E-state index is 0.648. The van der Waals surface area contributed by atoms with E-state index in [1.54, 1.807) is 17.7 Å². The van der Waals surface area contributed by atoms with E-state index in [-0.39, 0.29) is 0 Å². The van der Waals surface area contributed by atoms with E-state index in [1.165, 1.54) is 5.56 Å². The van der Waals surface area contributed by atoms with Crippen molar-refractivity contribution in [3.8, 4) is 11.4 Å². The van der Waals surface area contributed by atoms with Crippen LogP contribution in [0.25, 0.3) is 21.6 Å². The molecule has 1 fully saturated rings. The van der Waals surface area contributed by atoms with Gasteiger partial charge in [0, 0.05) is 31.7 Å². The lowest BCUT2D eigenvalue weighted by atomic mass is 10.1. The number of hydrogen-bond donors (Lipinski definition) is 0. The Morgan fingerprint density at radius 2 is 1.86 bits per heavy atom. The van der Waals surface area contributed by atoms with Crippen LogP contribution in [0.3, 0.4) is 0 Å². The highest BCUT2D eigenvalue weighted by molar-refractivity contribution is 7.17. The van der Waals surface area contributed by atoms with Gasteiger partial charge in [0.1, 0.15) is 12.1 Å². The topological polar surface area (TPSA) is 71.2 Å². The molecular formula is C20H20N6OS. The van der Waals surface area contributed by atoms with Crippen LogP contribution < -0.4 is 4.90 Å². The number of aryl methyl sites for hydroxylation is 1. The molecule has 0 radical (unpaired) electrons. The molecule has 0 bridgehead atoms. The predicted octanol–water partition coefficient (Wildman–Crippen LogP) is 3.37. The van der Waals surface area contributed by atoms with Crippen molar-refractivity contribution in [2.24, 2.45) is 0 Å². The average molecular weight is 392 g/mol. The molecule has 7 nitrogen and oxygen atoms in total. The Morgan fingerprint density at radius 1 is 1.04 bits per heavy atom. The molecule has 0 amide bonds. The first-order chi connectivity index (χ1) is 13.8. The molecule has 1 aromatic carbocycles. The van der Waals surface area contributed by atoms with E-state index in [0.29, 0.717) is 18.3 Å². The van der Waals surface area contributed by atoms with Gasteiger partial charge < -0.3 is 9.42 Å². The maximum absolute atomic E-state index is 5.48. The van der Waals surface area contributed by atoms with Crippen LogP contribution in [0.1, 0.15) is 11.5 Å². The van der Waals surface area contributed by atoms with Crippen molar-refractivity contribution < 1.29 is 4.52 Å². The number of thiophene rings is 1. The fourth-order valence-electron chi connectivity index (χ4n) is 3.45. The first-order valence-corrected chi connectivity index (χ1v) is 10.2. The Bertz CT molecular complexity index is 1080. The molecule has 0 unspecified atom stereocenters. The number of benzene rings is 1. The van der Waals surface area contributed by atoms with Crippen molar-refractivity contribution in [2.45, 2.75) is 13.5 Å². The highest BCUT2D eigenvalue weighted by atomic mass is 32.1. The molecule has 4 heterocycles. The van der Waals surface area contributed by atoms with Gasteiger partial charge in [-0.1, -0.05) is 35.0 Å². The van der Waals surface area contributed by atoms with Crippen molar-refractivity contribution in [3.63, 3.8) is 0 Å². The van der Waals surface area contributed by atoms with Gasteiger partial charge in [0.15, 0.2) is 0 Å². The third-order valence-corrected chi connectivity index (χ3v) is 5.93. The van der Waals surface area contributed by atoms with E-state index < -0.39 is 0 Å². The summed E-state index contributed by atoms with van der Waals surface area (Å²) in [4.78, 5) is 18.1. The molecule has 5 rings (SSSR count). The third kappa shape index (κ3) is 3.36. The molecule has 28 heavy (non-hydrogen) atoms. The molecule has 142 valence electrons. The molecule has 0 atom stereocenters. The average Bonchev–Trinajstić information content (AvgIpc) is 3.38. The summed E-state index contributed by atoms with van der Waals surface area (Å²) in [5.41, 5.74) is 3.22. The lowest BCUT2D eigenvalue weighted by molar-refractivity contribution is 0.215. The summed E-state index contributed by atoms with van der Waals surface area (Å²) in [5, 5.41) is 6.20. The summed E-state index contributed by atoms with van der Waals surface area (Å²) in [5.74, 6) is 2.35. The van der Waals surface area contributed by atoms with Crippen LogP contribution in [0.15, 0.2) is 46.6 Å². The Kier molecular flexibility index (Phi) is 4.50. The predicted molar refractivity (Wildman–Crippen MR) is 109 cm³/mol. The summed E-state index contributed by atoms with van der Waals surface area (Å²) in [6, 6.07) is 10.2. The summed E-state index contributed by atoms with van der Waals surface area (Å²) in [6.07, 6.45) is 1.65. The number of rotatable bonds is 4. The molecule has 1 aliphatic heterocycles. The summed E-state index contributed by atoms with van der Waals surface area (Å²) in [7, 11) is 0. The van der Waals surface area contributed by atoms with Crippen LogP contribution in [0, 0.1) is 6.92 Å². The number of hydrogen-bond acceptors (Lipinski definition) is 8. The van der Waals surface area contributed by atoms with E-state index >= 15 is 0 Å². The molecule has 1 aliphatic rings. The van der Waals surface area contributed by atoms with E-state index in [2.05, 4.69) is 54.3 Å². The maximum atomic E-state index is 5.48. The second-order valence-electron chi connectivity index (χ2n) is 6.97. The molecule has 0 N–H and O–H groups in total. The normalized spacial score (nSPS) is 15.4. The molecule has 3 aromatic heterocycles. The largest absolute Gasteiger partial charge is 0.353 e. The van der Waals surface area contributed by atoms with Crippen LogP contribution in [-0.4, -0.2) is 51.2 Å². The Labute approximate surface area is 166 Å². The highest BCUT2D eigenvalue weighted by Gasteiger charge is 2.22. The number of nitrogens with zero attached hydrogens (tertiary/aromatic N) is 6. The van der Waals surface area contributed by atoms with E-state index in [1.807, 2.05) is 18.2 Å². The smallest absolute Gasteiger partial charge is 0.241 e. The molecule has 4 aromatic rings. The van der Waals surface area contributed by atoms with Gasteiger partial charge in [-0.05, 0) is 18.4 Å².